The summed E-state index contributed by atoms with van der Waals surface area (Å²) in [5, 5.41) is 1.58. The fourth-order valence-corrected chi connectivity index (χ4v) is 2.50. The van der Waals surface area contributed by atoms with Crippen molar-refractivity contribution in [3.8, 4) is 0 Å². The second-order valence-electron chi connectivity index (χ2n) is 5.15. The van der Waals surface area contributed by atoms with Crippen LogP contribution in [0.2, 0.25) is 5.02 Å². The van der Waals surface area contributed by atoms with Crippen molar-refractivity contribution in [2.45, 2.75) is 13.8 Å². The van der Waals surface area contributed by atoms with Gasteiger partial charge in [-0.15, -0.1) is 0 Å². The Bertz CT molecular complexity index is 926. The van der Waals surface area contributed by atoms with Gasteiger partial charge in [-0.1, -0.05) is 41.5 Å². The number of rotatable bonds is 2. The average Bonchev–Trinajstić information content (AvgIpc) is 2.49. The van der Waals surface area contributed by atoms with Crippen LogP contribution in [-0.4, -0.2) is 4.86 Å². The maximum Gasteiger partial charge on any atom is 0.228 e. The summed E-state index contributed by atoms with van der Waals surface area (Å²) in [6.07, 6.45) is 0. The summed E-state index contributed by atoms with van der Waals surface area (Å²) in [7, 11) is 0. The highest BCUT2D eigenvalue weighted by molar-refractivity contribution is 7.80. The molecule has 0 amide bonds. The van der Waals surface area contributed by atoms with Gasteiger partial charge in [-0.3, -0.25) is 0 Å². The van der Waals surface area contributed by atoms with Gasteiger partial charge in [-0.25, -0.2) is 4.99 Å². The van der Waals surface area contributed by atoms with Crippen LogP contribution in [0.4, 0.5) is 5.69 Å². The second kappa shape index (κ2) is 6.03. The monoisotopic (exact) mass is 327 g/mol. The molecule has 110 valence electrons. The normalized spacial score (nSPS) is 11.9. The zero-order chi connectivity index (χ0) is 15.7. The number of aryl methyl sites for hydroxylation is 1. The molecule has 0 N–H and O–H groups in total. The van der Waals surface area contributed by atoms with E-state index in [2.05, 4.69) is 4.99 Å². The first-order chi connectivity index (χ1) is 10.5. The van der Waals surface area contributed by atoms with E-state index in [1.807, 2.05) is 56.3 Å². The van der Waals surface area contributed by atoms with E-state index in [1.54, 1.807) is 6.07 Å². The highest BCUT2D eigenvalue weighted by atomic mass is 35.5. The van der Waals surface area contributed by atoms with Crippen LogP contribution < -0.4 is 5.55 Å². The van der Waals surface area contributed by atoms with Crippen LogP contribution >= 0.6 is 23.8 Å². The molecule has 2 nitrogen and oxygen atoms in total. The van der Waals surface area contributed by atoms with E-state index in [4.69, 9.17) is 28.2 Å². The van der Waals surface area contributed by atoms with Gasteiger partial charge in [0.25, 0.3) is 0 Å². The summed E-state index contributed by atoms with van der Waals surface area (Å²) in [5.74, 6) is 0. The zero-order valence-corrected chi connectivity index (χ0v) is 13.8. The van der Waals surface area contributed by atoms with Crippen molar-refractivity contribution >= 4 is 45.3 Å². The maximum absolute atomic E-state index is 6.04. The van der Waals surface area contributed by atoms with E-state index < -0.39 is 0 Å². The molecule has 3 aromatic rings. The van der Waals surface area contributed by atoms with Gasteiger partial charge in [-0.2, -0.15) is 0 Å². The van der Waals surface area contributed by atoms with Gasteiger partial charge in [0.2, 0.25) is 5.55 Å². The quantitative estimate of drug-likeness (QED) is 0.467. The van der Waals surface area contributed by atoms with Crippen molar-refractivity contribution in [2.24, 2.45) is 4.99 Å². The van der Waals surface area contributed by atoms with E-state index in [9.17, 15) is 0 Å². The number of nitrogens with zero attached hydrogens (tertiary/aromatic N) is 1. The summed E-state index contributed by atoms with van der Waals surface area (Å²) in [6.45, 7) is 3.91. The zero-order valence-electron chi connectivity index (χ0n) is 12.3. The standard InChI is InChI=1S/C18H14ClNOS/c1-11-3-6-15(7-4-11)20-18-16(12(2)22)10-13-9-14(19)5-8-17(13)21-18/h3-10H,1-2H3. The molecule has 0 aliphatic heterocycles. The highest BCUT2D eigenvalue weighted by Gasteiger charge is 2.06. The first-order valence-electron chi connectivity index (χ1n) is 6.89. The number of hydrogen-bond acceptors (Lipinski definition) is 3. The average molecular weight is 328 g/mol. The highest BCUT2D eigenvalue weighted by Crippen LogP contribution is 2.20. The Labute approximate surface area is 139 Å². The van der Waals surface area contributed by atoms with Crippen LogP contribution in [-0.2, 0) is 0 Å². The number of fused-ring (bicyclic) bond motifs is 1. The molecule has 0 bridgehead atoms. The molecule has 0 aliphatic carbocycles. The third kappa shape index (κ3) is 3.11. The number of benzene rings is 2. The largest absolute Gasteiger partial charge is 0.438 e. The van der Waals surface area contributed by atoms with Crippen molar-refractivity contribution in [3.05, 3.63) is 70.2 Å². The maximum atomic E-state index is 6.04. The van der Waals surface area contributed by atoms with Gasteiger partial charge >= 0.3 is 0 Å². The van der Waals surface area contributed by atoms with Gasteiger partial charge in [0.15, 0.2) is 0 Å². The van der Waals surface area contributed by atoms with Gasteiger partial charge in [0, 0.05) is 15.3 Å². The Hall–Kier alpha value is -1.97. The van der Waals surface area contributed by atoms with Crippen LogP contribution in [0, 0.1) is 6.92 Å². The van der Waals surface area contributed by atoms with Gasteiger partial charge in [-0.05, 0) is 50.2 Å². The predicted molar refractivity (Wildman–Crippen MR) is 95.0 cm³/mol. The molecule has 0 unspecified atom stereocenters. The summed E-state index contributed by atoms with van der Waals surface area (Å²) >= 11 is 11.4. The lowest BCUT2D eigenvalue weighted by atomic mass is 10.1. The lowest BCUT2D eigenvalue weighted by Gasteiger charge is -2.04. The summed E-state index contributed by atoms with van der Waals surface area (Å²) in [6, 6.07) is 15.4. The van der Waals surface area contributed by atoms with Crippen LogP contribution in [0.3, 0.4) is 0 Å². The number of thiocarbonyl (C=S) groups is 1. The summed E-state index contributed by atoms with van der Waals surface area (Å²) in [4.78, 5) is 5.32. The van der Waals surface area contributed by atoms with Crippen LogP contribution in [0.1, 0.15) is 18.1 Å². The molecule has 0 radical (unpaired) electrons. The minimum absolute atomic E-state index is 0.520. The molecule has 0 saturated heterocycles. The Balaban J connectivity index is 2.27. The first-order valence-corrected chi connectivity index (χ1v) is 7.67. The second-order valence-corrected chi connectivity index (χ2v) is 6.20. The van der Waals surface area contributed by atoms with Crippen molar-refractivity contribution in [1.82, 2.24) is 0 Å². The molecular formula is C18H14ClNOS. The molecule has 0 spiro atoms. The van der Waals surface area contributed by atoms with Crippen LogP contribution in [0.5, 0.6) is 0 Å². The molecule has 1 aromatic heterocycles. The minimum Gasteiger partial charge on any atom is -0.438 e. The molecule has 0 aliphatic rings. The predicted octanol–water partition coefficient (Wildman–Crippen LogP) is 5.36. The van der Waals surface area contributed by atoms with Crippen molar-refractivity contribution in [3.63, 3.8) is 0 Å². The molecule has 0 atom stereocenters. The minimum atomic E-state index is 0.520. The molecule has 1 heterocycles. The number of halogens is 1. The van der Waals surface area contributed by atoms with Gasteiger partial charge < -0.3 is 4.42 Å². The van der Waals surface area contributed by atoms with E-state index in [1.165, 1.54) is 5.56 Å². The fourth-order valence-electron chi connectivity index (χ4n) is 2.17. The topological polar surface area (TPSA) is 25.5 Å². The molecule has 3 rings (SSSR count). The van der Waals surface area contributed by atoms with Crippen LogP contribution in [0.25, 0.3) is 11.0 Å². The SMILES string of the molecule is CC(=S)c1cc2cc(Cl)ccc2oc1=Nc1ccc(C)cc1. The summed E-state index contributed by atoms with van der Waals surface area (Å²) in [5.41, 5.74) is 4.09. The fraction of sp³-hybridized carbons (Fsp3) is 0.111. The Morgan fingerprint density at radius 3 is 2.50 bits per heavy atom. The van der Waals surface area contributed by atoms with E-state index in [-0.39, 0.29) is 0 Å². The van der Waals surface area contributed by atoms with Gasteiger partial charge in [0.05, 0.1) is 11.3 Å². The Morgan fingerprint density at radius 2 is 1.82 bits per heavy atom. The Morgan fingerprint density at radius 1 is 1.09 bits per heavy atom. The smallest absolute Gasteiger partial charge is 0.228 e. The Kier molecular flexibility index (Phi) is 4.10. The molecule has 4 heteroatoms. The van der Waals surface area contributed by atoms with E-state index >= 15 is 0 Å². The third-order valence-corrected chi connectivity index (χ3v) is 3.81. The van der Waals surface area contributed by atoms with Gasteiger partial charge in [0.1, 0.15) is 5.58 Å². The van der Waals surface area contributed by atoms with Crippen molar-refractivity contribution < 1.29 is 4.42 Å². The molecule has 2 aromatic carbocycles. The van der Waals surface area contributed by atoms with Crippen molar-refractivity contribution in [1.29, 1.82) is 0 Å². The lowest BCUT2D eigenvalue weighted by Crippen LogP contribution is -2.12. The molecule has 22 heavy (non-hydrogen) atoms. The third-order valence-electron chi connectivity index (χ3n) is 3.35. The van der Waals surface area contributed by atoms with Crippen molar-refractivity contribution in [2.75, 3.05) is 0 Å². The van der Waals surface area contributed by atoms with E-state index in [0.29, 0.717) is 10.6 Å². The van der Waals surface area contributed by atoms with E-state index in [0.717, 1.165) is 27.1 Å². The molecule has 0 fully saturated rings. The molecular weight excluding hydrogens is 314 g/mol. The summed E-state index contributed by atoms with van der Waals surface area (Å²) < 4.78 is 5.93. The van der Waals surface area contributed by atoms with Crippen LogP contribution in [0.15, 0.2) is 57.9 Å². The lowest BCUT2D eigenvalue weighted by molar-refractivity contribution is 0.543. The first kappa shape index (κ1) is 14.9. The number of hydrogen-bond donors (Lipinski definition) is 0. The molecule has 0 saturated carbocycles.